The topological polar surface area (TPSA) is 47.4 Å². The van der Waals surface area contributed by atoms with Gasteiger partial charge in [-0.15, -0.1) is 0 Å². The Morgan fingerprint density at radius 3 is 2.88 bits per heavy atom. The number of imidazole rings is 1. The van der Waals surface area contributed by atoms with Gasteiger partial charge in [-0.05, 0) is 18.9 Å². The highest BCUT2D eigenvalue weighted by molar-refractivity contribution is 5.76. The first-order chi connectivity index (χ1) is 11.7. The van der Waals surface area contributed by atoms with Gasteiger partial charge in [0, 0.05) is 44.6 Å². The van der Waals surface area contributed by atoms with Crippen molar-refractivity contribution in [3.63, 3.8) is 0 Å². The van der Waals surface area contributed by atoms with Gasteiger partial charge in [-0.2, -0.15) is 0 Å². The summed E-state index contributed by atoms with van der Waals surface area (Å²) >= 11 is 0. The number of ether oxygens (including phenoxy) is 1. The maximum atomic E-state index is 12.2. The van der Waals surface area contributed by atoms with Crippen LogP contribution in [0.4, 0.5) is 0 Å². The van der Waals surface area contributed by atoms with Crippen LogP contribution in [-0.4, -0.2) is 47.2 Å². The average molecular weight is 327 g/mol. The predicted molar refractivity (Wildman–Crippen MR) is 92.9 cm³/mol. The van der Waals surface area contributed by atoms with Crippen molar-refractivity contribution in [2.75, 3.05) is 26.8 Å². The Balaban J connectivity index is 1.71. The molecule has 5 nitrogen and oxygen atoms in total. The van der Waals surface area contributed by atoms with Crippen molar-refractivity contribution >= 4 is 5.91 Å². The predicted octanol–water partition coefficient (Wildman–Crippen LogP) is 2.59. The molecule has 2 aromatic rings. The fraction of sp³-hybridized carbons (Fsp3) is 0.474. The fourth-order valence-electron chi connectivity index (χ4n) is 3.32. The Bertz CT molecular complexity index is 681. The third-order valence-electron chi connectivity index (χ3n) is 4.70. The highest BCUT2D eigenvalue weighted by Gasteiger charge is 2.30. The van der Waals surface area contributed by atoms with Crippen LogP contribution in [0.25, 0.3) is 0 Å². The van der Waals surface area contributed by atoms with Crippen molar-refractivity contribution in [1.82, 2.24) is 14.5 Å². The van der Waals surface area contributed by atoms with Crippen LogP contribution in [0.2, 0.25) is 0 Å². The van der Waals surface area contributed by atoms with Gasteiger partial charge in [0.2, 0.25) is 5.91 Å². The van der Waals surface area contributed by atoms with Crippen LogP contribution in [0, 0.1) is 6.92 Å². The van der Waals surface area contributed by atoms with Gasteiger partial charge in [0.05, 0.1) is 13.0 Å². The van der Waals surface area contributed by atoms with E-state index in [1.54, 1.807) is 7.11 Å². The van der Waals surface area contributed by atoms with Crippen molar-refractivity contribution in [3.8, 4) is 0 Å². The number of carbonyl (C=O) groups is 1. The quantitative estimate of drug-likeness (QED) is 0.819. The minimum atomic E-state index is 0.178. The Morgan fingerprint density at radius 1 is 1.33 bits per heavy atom. The van der Waals surface area contributed by atoms with E-state index in [9.17, 15) is 4.79 Å². The largest absolute Gasteiger partial charge is 0.384 e. The lowest BCUT2D eigenvalue weighted by Gasteiger charge is -2.17. The number of carbonyl (C=O) groups excluding carboxylic acids is 1. The molecular formula is C19H25N3O2. The summed E-state index contributed by atoms with van der Waals surface area (Å²) in [4.78, 5) is 18.8. The summed E-state index contributed by atoms with van der Waals surface area (Å²) in [5, 5.41) is 0. The molecular weight excluding hydrogens is 302 g/mol. The standard InChI is InChI=1S/C19H25N3O2/c1-15-12-20-19(22(15)13-16-6-4-3-5-7-16)17-8-10-21(14-17)18(23)9-11-24-2/h3-7,12,17H,8-11,13-14H2,1-2H3. The highest BCUT2D eigenvalue weighted by atomic mass is 16.5. The molecule has 3 rings (SSSR count). The van der Waals surface area contributed by atoms with E-state index in [0.29, 0.717) is 18.9 Å². The van der Waals surface area contributed by atoms with Crippen LogP contribution in [0.15, 0.2) is 36.5 Å². The first-order valence-electron chi connectivity index (χ1n) is 8.51. The van der Waals surface area contributed by atoms with E-state index in [-0.39, 0.29) is 5.91 Å². The summed E-state index contributed by atoms with van der Waals surface area (Å²) in [5.74, 6) is 1.59. The molecule has 24 heavy (non-hydrogen) atoms. The van der Waals surface area contributed by atoms with E-state index < -0.39 is 0 Å². The van der Waals surface area contributed by atoms with Crippen LogP contribution >= 0.6 is 0 Å². The molecule has 1 fully saturated rings. The van der Waals surface area contributed by atoms with Crippen LogP contribution in [0.3, 0.4) is 0 Å². The lowest BCUT2D eigenvalue weighted by molar-refractivity contribution is -0.131. The maximum Gasteiger partial charge on any atom is 0.224 e. The highest BCUT2D eigenvalue weighted by Crippen LogP contribution is 2.28. The van der Waals surface area contributed by atoms with Crippen molar-refractivity contribution < 1.29 is 9.53 Å². The Kier molecular flexibility index (Phi) is 5.30. The first kappa shape index (κ1) is 16.7. The van der Waals surface area contributed by atoms with Crippen molar-refractivity contribution in [2.45, 2.75) is 32.2 Å². The van der Waals surface area contributed by atoms with E-state index in [0.717, 1.165) is 37.6 Å². The zero-order valence-electron chi connectivity index (χ0n) is 14.4. The van der Waals surface area contributed by atoms with Crippen molar-refractivity contribution in [3.05, 3.63) is 53.6 Å². The second kappa shape index (κ2) is 7.62. The lowest BCUT2D eigenvalue weighted by atomic mass is 10.1. The molecule has 1 amide bonds. The second-order valence-electron chi connectivity index (χ2n) is 6.40. The molecule has 1 aliphatic rings. The summed E-state index contributed by atoms with van der Waals surface area (Å²) < 4.78 is 7.29. The smallest absolute Gasteiger partial charge is 0.224 e. The molecule has 1 unspecified atom stereocenters. The third-order valence-corrected chi connectivity index (χ3v) is 4.70. The molecule has 128 valence electrons. The molecule has 5 heteroatoms. The van der Waals surface area contributed by atoms with Crippen LogP contribution in [0.1, 0.15) is 35.8 Å². The number of hydrogen-bond donors (Lipinski definition) is 0. The van der Waals surface area contributed by atoms with Gasteiger partial charge in [0.15, 0.2) is 0 Å². The number of likely N-dealkylation sites (tertiary alicyclic amines) is 1. The first-order valence-corrected chi connectivity index (χ1v) is 8.51. The molecule has 0 radical (unpaired) electrons. The number of hydrogen-bond acceptors (Lipinski definition) is 3. The molecule has 1 atom stereocenters. The molecule has 2 heterocycles. The number of amides is 1. The molecule has 0 saturated carbocycles. The van der Waals surface area contributed by atoms with Crippen LogP contribution in [-0.2, 0) is 16.1 Å². The van der Waals surface area contributed by atoms with Crippen LogP contribution < -0.4 is 0 Å². The number of nitrogens with zero attached hydrogens (tertiary/aromatic N) is 3. The number of rotatable bonds is 6. The molecule has 0 bridgehead atoms. The second-order valence-corrected chi connectivity index (χ2v) is 6.40. The van der Waals surface area contributed by atoms with Gasteiger partial charge < -0.3 is 14.2 Å². The summed E-state index contributed by atoms with van der Waals surface area (Å²) in [7, 11) is 1.63. The zero-order chi connectivity index (χ0) is 16.9. The van der Waals surface area contributed by atoms with E-state index in [2.05, 4.69) is 40.7 Å². The van der Waals surface area contributed by atoms with Gasteiger partial charge in [-0.25, -0.2) is 4.98 Å². The molecule has 1 aliphatic heterocycles. The van der Waals surface area contributed by atoms with Crippen molar-refractivity contribution in [1.29, 1.82) is 0 Å². The van der Waals surface area contributed by atoms with E-state index in [1.807, 2.05) is 17.2 Å². The van der Waals surface area contributed by atoms with Gasteiger partial charge in [0.25, 0.3) is 0 Å². The van der Waals surface area contributed by atoms with Gasteiger partial charge in [-0.3, -0.25) is 4.79 Å². The van der Waals surface area contributed by atoms with E-state index in [4.69, 9.17) is 4.74 Å². The summed E-state index contributed by atoms with van der Waals surface area (Å²) in [5.41, 5.74) is 2.43. The van der Waals surface area contributed by atoms with E-state index >= 15 is 0 Å². The summed E-state index contributed by atoms with van der Waals surface area (Å²) in [6, 6.07) is 10.4. The number of aryl methyl sites for hydroxylation is 1. The number of methoxy groups -OCH3 is 1. The van der Waals surface area contributed by atoms with Gasteiger partial charge in [0.1, 0.15) is 5.82 Å². The van der Waals surface area contributed by atoms with Crippen LogP contribution in [0.5, 0.6) is 0 Å². The van der Waals surface area contributed by atoms with Gasteiger partial charge >= 0.3 is 0 Å². The monoisotopic (exact) mass is 327 g/mol. The zero-order valence-corrected chi connectivity index (χ0v) is 14.4. The third kappa shape index (κ3) is 3.67. The van der Waals surface area contributed by atoms with Gasteiger partial charge in [-0.1, -0.05) is 30.3 Å². The molecule has 0 spiro atoms. The fourth-order valence-corrected chi connectivity index (χ4v) is 3.32. The molecule has 0 N–H and O–H groups in total. The summed E-state index contributed by atoms with van der Waals surface area (Å²) in [6.07, 6.45) is 3.37. The normalized spacial score (nSPS) is 17.4. The Labute approximate surface area is 143 Å². The average Bonchev–Trinajstić information content (AvgIpc) is 3.21. The molecule has 1 aromatic carbocycles. The minimum Gasteiger partial charge on any atom is -0.384 e. The lowest BCUT2D eigenvalue weighted by Crippen LogP contribution is -2.29. The van der Waals surface area contributed by atoms with E-state index in [1.165, 1.54) is 5.56 Å². The Morgan fingerprint density at radius 2 is 2.12 bits per heavy atom. The number of aromatic nitrogens is 2. The molecule has 1 saturated heterocycles. The maximum absolute atomic E-state index is 12.2. The SMILES string of the molecule is COCCC(=O)N1CCC(c2ncc(C)n2Cc2ccccc2)C1. The number of benzene rings is 1. The van der Waals surface area contributed by atoms with Crippen molar-refractivity contribution in [2.24, 2.45) is 0 Å². The summed E-state index contributed by atoms with van der Waals surface area (Å²) in [6.45, 7) is 4.98. The molecule has 1 aromatic heterocycles. The Hall–Kier alpha value is -2.14. The minimum absolute atomic E-state index is 0.178. The molecule has 0 aliphatic carbocycles.